The molecule has 1 atom stereocenters. The first-order valence-corrected chi connectivity index (χ1v) is 3.45. The molecule has 0 rings (SSSR count). The first-order chi connectivity index (χ1) is 4.31. The van der Waals surface area contributed by atoms with Crippen molar-refractivity contribution < 1.29 is 4.79 Å². The third-order valence-electron chi connectivity index (χ3n) is 1.44. The molecule has 0 bridgehead atoms. The zero-order valence-corrected chi connectivity index (χ0v) is 5.97. The average Bonchev–Trinajstić information content (AvgIpc) is 1.85. The van der Waals surface area contributed by atoms with Crippen molar-refractivity contribution in [1.29, 1.82) is 0 Å². The van der Waals surface area contributed by atoms with Crippen LogP contribution in [0.5, 0.6) is 0 Å². The first kappa shape index (κ1) is 8.63. The molecule has 0 aliphatic carbocycles. The van der Waals surface area contributed by atoms with Crippen molar-refractivity contribution in [2.24, 2.45) is 11.7 Å². The summed E-state index contributed by atoms with van der Waals surface area (Å²) in [7, 11) is 0. The van der Waals surface area contributed by atoms with Gasteiger partial charge in [-0.3, -0.25) is 0 Å². The van der Waals surface area contributed by atoms with Crippen LogP contribution in [0.1, 0.15) is 26.2 Å². The minimum absolute atomic E-state index is 0.611. The van der Waals surface area contributed by atoms with Gasteiger partial charge in [0.1, 0.15) is 6.29 Å². The van der Waals surface area contributed by atoms with Crippen molar-refractivity contribution in [2.45, 2.75) is 26.2 Å². The molecule has 9 heavy (non-hydrogen) atoms. The molecule has 0 fully saturated rings. The van der Waals surface area contributed by atoms with E-state index in [0.29, 0.717) is 12.3 Å². The van der Waals surface area contributed by atoms with Crippen LogP contribution in [-0.2, 0) is 4.79 Å². The second-order valence-electron chi connectivity index (χ2n) is 2.43. The highest BCUT2D eigenvalue weighted by Crippen LogP contribution is 2.06. The van der Waals surface area contributed by atoms with Gasteiger partial charge in [0.25, 0.3) is 0 Å². The molecule has 0 spiro atoms. The lowest BCUT2D eigenvalue weighted by Gasteiger charge is -2.05. The summed E-state index contributed by atoms with van der Waals surface area (Å²) < 4.78 is 0. The van der Waals surface area contributed by atoms with Gasteiger partial charge in [-0.25, -0.2) is 0 Å². The maximum absolute atomic E-state index is 9.88. The highest BCUT2D eigenvalue weighted by atomic mass is 16.1. The van der Waals surface area contributed by atoms with E-state index in [-0.39, 0.29) is 0 Å². The maximum atomic E-state index is 9.88. The lowest BCUT2D eigenvalue weighted by atomic mass is 10.0. The third kappa shape index (κ3) is 5.50. The molecule has 0 aromatic rings. The molecule has 2 nitrogen and oxygen atoms in total. The van der Waals surface area contributed by atoms with Crippen molar-refractivity contribution in [2.75, 3.05) is 6.54 Å². The van der Waals surface area contributed by atoms with E-state index in [9.17, 15) is 4.79 Å². The molecule has 0 saturated carbocycles. The summed E-state index contributed by atoms with van der Waals surface area (Å²) in [6.45, 7) is 2.86. The van der Waals surface area contributed by atoms with Gasteiger partial charge in [0.2, 0.25) is 0 Å². The Hall–Kier alpha value is -0.370. The number of hydrogen-bond donors (Lipinski definition) is 1. The van der Waals surface area contributed by atoms with Crippen molar-refractivity contribution in [3.63, 3.8) is 0 Å². The summed E-state index contributed by atoms with van der Waals surface area (Å²) in [5, 5.41) is 0. The Morgan fingerprint density at radius 1 is 1.56 bits per heavy atom. The van der Waals surface area contributed by atoms with Crippen LogP contribution >= 0.6 is 0 Å². The predicted octanol–water partition coefficient (Wildman–Crippen LogP) is 0.950. The maximum Gasteiger partial charge on any atom is 0.120 e. The van der Waals surface area contributed by atoms with E-state index < -0.39 is 0 Å². The molecule has 0 aliphatic heterocycles. The molecular formula is C7H15NO. The van der Waals surface area contributed by atoms with Crippen LogP contribution < -0.4 is 5.73 Å². The summed E-state index contributed by atoms with van der Waals surface area (Å²) in [6.07, 6.45) is 3.67. The Morgan fingerprint density at radius 2 is 2.22 bits per heavy atom. The minimum atomic E-state index is 0.611. The van der Waals surface area contributed by atoms with Crippen LogP contribution in [0.4, 0.5) is 0 Å². The van der Waals surface area contributed by atoms with Gasteiger partial charge < -0.3 is 10.5 Å². The van der Waals surface area contributed by atoms with Crippen molar-refractivity contribution in [3.05, 3.63) is 0 Å². The fourth-order valence-electron chi connectivity index (χ4n) is 0.781. The quantitative estimate of drug-likeness (QED) is 0.561. The fourth-order valence-corrected chi connectivity index (χ4v) is 0.781. The number of aldehydes is 1. The second kappa shape index (κ2) is 5.76. The van der Waals surface area contributed by atoms with Crippen LogP contribution in [0.25, 0.3) is 0 Å². The van der Waals surface area contributed by atoms with Gasteiger partial charge in [-0.1, -0.05) is 6.92 Å². The summed E-state index contributed by atoms with van der Waals surface area (Å²) in [5.41, 5.74) is 5.31. The number of carbonyl (C=O) groups excluding carboxylic acids is 1. The van der Waals surface area contributed by atoms with Gasteiger partial charge in [0.15, 0.2) is 0 Å². The lowest BCUT2D eigenvalue weighted by Crippen LogP contribution is -2.05. The lowest BCUT2D eigenvalue weighted by molar-refractivity contribution is -0.108. The molecule has 0 aromatic heterocycles. The van der Waals surface area contributed by atoms with Crippen LogP contribution in [0.15, 0.2) is 0 Å². The Labute approximate surface area is 56.4 Å². The summed E-state index contributed by atoms with van der Waals surface area (Å²) >= 11 is 0. The monoisotopic (exact) mass is 129 g/mol. The molecule has 0 heterocycles. The standard InChI is InChI=1S/C7H15NO/c1-7(4-5-8)3-2-6-9/h6-7H,2-5,8H2,1H3. The SMILES string of the molecule is CC(CCN)CCC=O. The molecular weight excluding hydrogens is 114 g/mol. The van der Waals surface area contributed by atoms with E-state index in [4.69, 9.17) is 5.73 Å². The highest BCUT2D eigenvalue weighted by Gasteiger charge is 1.97. The molecule has 0 aliphatic rings. The van der Waals surface area contributed by atoms with Gasteiger partial charge >= 0.3 is 0 Å². The fraction of sp³-hybridized carbons (Fsp3) is 0.857. The first-order valence-electron chi connectivity index (χ1n) is 3.45. The number of rotatable bonds is 5. The molecule has 0 radical (unpaired) electrons. The normalized spacial score (nSPS) is 13.1. The molecule has 0 saturated heterocycles. The van der Waals surface area contributed by atoms with Crippen LogP contribution in [0, 0.1) is 5.92 Å². The van der Waals surface area contributed by atoms with E-state index in [2.05, 4.69) is 6.92 Å². The van der Waals surface area contributed by atoms with Crippen molar-refractivity contribution >= 4 is 6.29 Å². The van der Waals surface area contributed by atoms with E-state index in [1.54, 1.807) is 0 Å². The van der Waals surface area contributed by atoms with Gasteiger partial charge in [-0.15, -0.1) is 0 Å². The molecule has 0 amide bonds. The Morgan fingerprint density at radius 3 is 2.67 bits per heavy atom. The molecule has 0 aromatic carbocycles. The Balaban J connectivity index is 3.04. The second-order valence-corrected chi connectivity index (χ2v) is 2.43. The van der Waals surface area contributed by atoms with E-state index >= 15 is 0 Å². The summed E-state index contributed by atoms with van der Waals surface area (Å²) in [4.78, 5) is 9.88. The molecule has 2 heteroatoms. The summed E-state index contributed by atoms with van der Waals surface area (Å²) in [6, 6.07) is 0. The van der Waals surface area contributed by atoms with Gasteiger partial charge in [0.05, 0.1) is 0 Å². The van der Waals surface area contributed by atoms with Crippen LogP contribution in [-0.4, -0.2) is 12.8 Å². The number of nitrogens with two attached hydrogens (primary N) is 1. The largest absolute Gasteiger partial charge is 0.330 e. The molecule has 1 unspecified atom stereocenters. The smallest absolute Gasteiger partial charge is 0.120 e. The van der Waals surface area contributed by atoms with E-state index in [0.717, 1.165) is 25.7 Å². The zero-order valence-electron chi connectivity index (χ0n) is 5.97. The Bertz CT molecular complexity index is 73.3. The highest BCUT2D eigenvalue weighted by molar-refractivity contribution is 5.49. The van der Waals surface area contributed by atoms with Gasteiger partial charge in [-0.2, -0.15) is 0 Å². The van der Waals surface area contributed by atoms with E-state index in [1.165, 1.54) is 0 Å². The number of hydrogen-bond acceptors (Lipinski definition) is 2. The minimum Gasteiger partial charge on any atom is -0.330 e. The van der Waals surface area contributed by atoms with Crippen LogP contribution in [0.3, 0.4) is 0 Å². The van der Waals surface area contributed by atoms with Gasteiger partial charge in [-0.05, 0) is 25.3 Å². The van der Waals surface area contributed by atoms with Crippen molar-refractivity contribution in [3.8, 4) is 0 Å². The Kier molecular flexibility index (Phi) is 5.52. The average molecular weight is 129 g/mol. The third-order valence-corrected chi connectivity index (χ3v) is 1.44. The summed E-state index contributed by atoms with van der Waals surface area (Å²) in [5.74, 6) is 0.611. The van der Waals surface area contributed by atoms with Gasteiger partial charge in [0, 0.05) is 6.42 Å². The van der Waals surface area contributed by atoms with Crippen molar-refractivity contribution in [1.82, 2.24) is 0 Å². The van der Waals surface area contributed by atoms with E-state index in [1.807, 2.05) is 0 Å². The predicted molar refractivity (Wildman–Crippen MR) is 38.1 cm³/mol. The van der Waals surface area contributed by atoms with Crippen LogP contribution in [0.2, 0.25) is 0 Å². The molecule has 2 N–H and O–H groups in total. The number of carbonyl (C=O) groups is 1. The zero-order chi connectivity index (χ0) is 7.11. The molecule has 54 valence electrons. The topological polar surface area (TPSA) is 43.1 Å².